The Bertz CT molecular complexity index is 958. The van der Waals surface area contributed by atoms with Crippen molar-refractivity contribution in [1.82, 2.24) is 0 Å². The fourth-order valence-electron chi connectivity index (χ4n) is 3.25. The predicted molar refractivity (Wildman–Crippen MR) is 96.7 cm³/mol. The van der Waals surface area contributed by atoms with Gasteiger partial charge in [0, 0.05) is 0 Å². The van der Waals surface area contributed by atoms with E-state index in [2.05, 4.69) is 5.32 Å². The number of ketones is 2. The van der Waals surface area contributed by atoms with Crippen molar-refractivity contribution in [2.45, 2.75) is 30.9 Å². The van der Waals surface area contributed by atoms with Gasteiger partial charge in [0.2, 0.25) is 11.5 Å². The fraction of sp³-hybridized carbons (Fsp3) is 0.263. The first-order valence-corrected chi connectivity index (χ1v) is 8.92. The summed E-state index contributed by atoms with van der Waals surface area (Å²) >= 11 is 12.1. The Labute approximate surface area is 158 Å². The Morgan fingerprint density at radius 1 is 1.23 bits per heavy atom. The lowest BCUT2D eigenvalue weighted by Gasteiger charge is -2.21. The molecule has 0 radical (unpaired) electrons. The number of carbonyl (C=O) groups excluding carboxylic acids is 2. The maximum absolute atomic E-state index is 14.3. The predicted octanol–water partition coefficient (Wildman–Crippen LogP) is 4.58. The van der Waals surface area contributed by atoms with E-state index >= 15 is 0 Å². The molecule has 1 aliphatic carbocycles. The Kier molecular flexibility index (Phi) is 4.06. The summed E-state index contributed by atoms with van der Waals surface area (Å²) in [6.07, 6.45) is 1.40. The molecule has 134 valence electrons. The van der Waals surface area contributed by atoms with Crippen molar-refractivity contribution in [2.24, 2.45) is 0 Å². The summed E-state index contributed by atoms with van der Waals surface area (Å²) in [7, 11) is 0. The third-order valence-corrected chi connectivity index (χ3v) is 5.43. The molecule has 7 heteroatoms. The number of fused-ring (bicyclic) bond motifs is 1. The smallest absolute Gasteiger partial charge is 0.219 e. The van der Waals surface area contributed by atoms with E-state index in [4.69, 9.17) is 23.2 Å². The lowest BCUT2D eigenvalue weighted by Crippen LogP contribution is -2.43. The number of carbonyl (C=O) groups is 2. The van der Waals surface area contributed by atoms with Crippen molar-refractivity contribution in [2.75, 3.05) is 5.32 Å². The Hall–Kier alpha value is -1.95. The standard InChI is InChI=1S/C19H14Cl2FNO3/c20-12-5-6-13(21)17-16(12)18(25)19(26,23-17)8-15(24)11-4-3-10(7-14(11)22)9-1-2-9/h3-7,9,23,26H,1-2,8H2. The Morgan fingerprint density at radius 3 is 2.54 bits per heavy atom. The quantitative estimate of drug-likeness (QED) is 0.746. The van der Waals surface area contributed by atoms with Crippen molar-refractivity contribution in [3.63, 3.8) is 0 Å². The molecule has 26 heavy (non-hydrogen) atoms. The second-order valence-corrected chi connectivity index (χ2v) is 7.52. The summed E-state index contributed by atoms with van der Waals surface area (Å²) in [5, 5.41) is 13.6. The zero-order valence-electron chi connectivity index (χ0n) is 13.5. The first-order valence-electron chi connectivity index (χ1n) is 8.16. The number of hydrogen-bond donors (Lipinski definition) is 2. The second-order valence-electron chi connectivity index (χ2n) is 6.71. The van der Waals surface area contributed by atoms with E-state index in [9.17, 15) is 19.1 Å². The van der Waals surface area contributed by atoms with Crippen LogP contribution in [0.1, 0.15) is 51.5 Å². The number of Topliss-reactive ketones (excluding diaryl/α,β-unsaturated/α-hetero) is 2. The molecule has 0 saturated heterocycles. The van der Waals surface area contributed by atoms with Crippen molar-refractivity contribution in [3.8, 4) is 0 Å². The molecule has 1 fully saturated rings. The third kappa shape index (κ3) is 2.80. The van der Waals surface area contributed by atoms with Crippen LogP contribution >= 0.6 is 23.2 Å². The molecule has 2 N–H and O–H groups in total. The zero-order chi connectivity index (χ0) is 18.6. The van der Waals surface area contributed by atoms with Crippen LogP contribution in [0.2, 0.25) is 10.0 Å². The summed E-state index contributed by atoms with van der Waals surface area (Å²) in [6.45, 7) is 0. The molecule has 4 rings (SSSR count). The minimum absolute atomic E-state index is 0.0269. The van der Waals surface area contributed by atoms with Crippen LogP contribution in [0.3, 0.4) is 0 Å². The van der Waals surface area contributed by atoms with E-state index < -0.39 is 29.5 Å². The van der Waals surface area contributed by atoms with Gasteiger partial charge < -0.3 is 10.4 Å². The number of hydrogen-bond acceptors (Lipinski definition) is 4. The molecule has 2 aromatic rings. The molecular formula is C19H14Cl2FNO3. The SMILES string of the molecule is O=C(CC1(O)Nc2c(Cl)ccc(Cl)c2C1=O)c1ccc(C2CC2)cc1F. The van der Waals surface area contributed by atoms with E-state index in [1.807, 2.05) is 0 Å². The molecule has 1 saturated carbocycles. The van der Waals surface area contributed by atoms with Gasteiger partial charge in [-0.05, 0) is 48.6 Å². The number of halogens is 3. The zero-order valence-corrected chi connectivity index (χ0v) is 15.0. The van der Waals surface area contributed by atoms with E-state index in [1.165, 1.54) is 24.3 Å². The van der Waals surface area contributed by atoms with E-state index in [1.54, 1.807) is 6.07 Å². The molecule has 1 unspecified atom stereocenters. The van der Waals surface area contributed by atoms with E-state index in [-0.39, 0.29) is 26.9 Å². The van der Waals surface area contributed by atoms with E-state index in [0.717, 1.165) is 18.4 Å². The van der Waals surface area contributed by atoms with E-state index in [0.29, 0.717) is 5.92 Å². The molecule has 1 heterocycles. The van der Waals surface area contributed by atoms with Crippen LogP contribution in [0.5, 0.6) is 0 Å². The molecule has 0 bridgehead atoms. The van der Waals surface area contributed by atoms with Gasteiger partial charge in [-0.2, -0.15) is 0 Å². The molecular weight excluding hydrogens is 380 g/mol. The van der Waals surface area contributed by atoms with Gasteiger partial charge in [-0.1, -0.05) is 29.3 Å². The highest BCUT2D eigenvalue weighted by Gasteiger charge is 2.47. The average molecular weight is 394 g/mol. The molecule has 0 aromatic heterocycles. The van der Waals surface area contributed by atoms with Gasteiger partial charge >= 0.3 is 0 Å². The summed E-state index contributed by atoms with van der Waals surface area (Å²) in [5.41, 5.74) is -1.32. The van der Waals surface area contributed by atoms with Gasteiger partial charge in [-0.25, -0.2) is 4.39 Å². The van der Waals surface area contributed by atoms with Gasteiger partial charge in [0.15, 0.2) is 5.78 Å². The molecule has 4 nitrogen and oxygen atoms in total. The van der Waals surface area contributed by atoms with Crippen LogP contribution in [0.4, 0.5) is 10.1 Å². The molecule has 0 spiro atoms. The highest BCUT2D eigenvalue weighted by molar-refractivity contribution is 6.40. The van der Waals surface area contributed by atoms with Gasteiger partial charge in [-0.15, -0.1) is 0 Å². The van der Waals surface area contributed by atoms with Crippen LogP contribution in [-0.4, -0.2) is 22.4 Å². The molecule has 0 amide bonds. The lowest BCUT2D eigenvalue weighted by molar-refractivity contribution is 0.0423. The van der Waals surface area contributed by atoms with Crippen LogP contribution in [0, 0.1) is 5.82 Å². The van der Waals surface area contributed by atoms with Gasteiger partial charge in [0.1, 0.15) is 5.82 Å². The summed E-state index contributed by atoms with van der Waals surface area (Å²) < 4.78 is 14.3. The molecule has 1 aliphatic heterocycles. The van der Waals surface area contributed by atoms with Crippen molar-refractivity contribution < 1.29 is 19.1 Å². The normalized spacial score (nSPS) is 21.5. The van der Waals surface area contributed by atoms with Crippen LogP contribution < -0.4 is 5.32 Å². The lowest BCUT2D eigenvalue weighted by atomic mass is 9.95. The summed E-state index contributed by atoms with van der Waals surface area (Å²) in [5.74, 6) is -1.74. The topological polar surface area (TPSA) is 66.4 Å². The van der Waals surface area contributed by atoms with Crippen molar-refractivity contribution >= 4 is 40.5 Å². The fourth-order valence-corrected chi connectivity index (χ4v) is 3.69. The molecule has 2 aromatic carbocycles. The monoisotopic (exact) mass is 393 g/mol. The maximum atomic E-state index is 14.3. The highest BCUT2D eigenvalue weighted by Crippen LogP contribution is 2.43. The first kappa shape index (κ1) is 17.5. The molecule has 1 atom stereocenters. The summed E-state index contributed by atoms with van der Waals surface area (Å²) in [6, 6.07) is 7.38. The van der Waals surface area contributed by atoms with Crippen LogP contribution in [-0.2, 0) is 0 Å². The third-order valence-electron chi connectivity index (χ3n) is 4.80. The van der Waals surface area contributed by atoms with Gasteiger partial charge in [0.25, 0.3) is 0 Å². The number of anilines is 1. The number of nitrogens with one attached hydrogen (secondary N) is 1. The van der Waals surface area contributed by atoms with Crippen LogP contribution in [0.15, 0.2) is 30.3 Å². The minimum atomic E-state index is -2.21. The largest absolute Gasteiger partial charge is 0.364 e. The van der Waals surface area contributed by atoms with Gasteiger partial charge in [-0.3, -0.25) is 9.59 Å². The highest BCUT2D eigenvalue weighted by atomic mass is 35.5. The number of aliphatic hydroxyl groups is 1. The summed E-state index contributed by atoms with van der Waals surface area (Å²) in [4.78, 5) is 25.1. The number of benzene rings is 2. The van der Waals surface area contributed by atoms with Crippen molar-refractivity contribution in [3.05, 3.63) is 62.9 Å². The number of rotatable bonds is 4. The van der Waals surface area contributed by atoms with Crippen molar-refractivity contribution in [1.29, 1.82) is 0 Å². The second kappa shape index (κ2) is 6.05. The Morgan fingerprint density at radius 2 is 1.92 bits per heavy atom. The van der Waals surface area contributed by atoms with Gasteiger partial charge in [0.05, 0.1) is 33.3 Å². The molecule has 2 aliphatic rings. The average Bonchev–Trinajstić information content (AvgIpc) is 3.39. The Balaban J connectivity index is 1.61. The van der Waals surface area contributed by atoms with Crippen LogP contribution in [0.25, 0.3) is 0 Å². The first-order chi connectivity index (χ1) is 12.3. The minimum Gasteiger partial charge on any atom is -0.364 e. The maximum Gasteiger partial charge on any atom is 0.219 e.